The zero-order chi connectivity index (χ0) is 14.8. The Labute approximate surface area is 115 Å². The van der Waals surface area contributed by atoms with E-state index in [-0.39, 0.29) is 17.9 Å². The van der Waals surface area contributed by atoms with E-state index >= 15 is 0 Å². The van der Waals surface area contributed by atoms with Crippen LogP contribution in [0.3, 0.4) is 0 Å². The van der Waals surface area contributed by atoms with Crippen LogP contribution in [0.25, 0.3) is 0 Å². The second kappa shape index (κ2) is 5.61. The van der Waals surface area contributed by atoms with Gasteiger partial charge in [-0.3, -0.25) is 4.79 Å². The van der Waals surface area contributed by atoms with Gasteiger partial charge >= 0.3 is 0 Å². The number of hydrogen-bond acceptors (Lipinski definition) is 3. The summed E-state index contributed by atoms with van der Waals surface area (Å²) in [5, 5.41) is 0. The first-order valence-electron chi connectivity index (χ1n) is 6.38. The van der Waals surface area contributed by atoms with Crippen molar-refractivity contribution in [1.29, 1.82) is 0 Å². The van der Waals surface area contributed by atoms with E-state index in [4.69, 9.17) is 10.5 Å². The molecule has 2 N–H and O–H groups in total. The number of nitrogens with zero attached hydrogens (tertiary/aromatic N) is 1. The molecule has 1 aromatic rings. The Hall–Kier alpha value is -1.55. The van der Waals surface area contributed by atoms with Crippen LogP contribution >= 0.6 is 0 Å². The Balaban J connectivity index is 3.48. The van der Waals surface area contributed by atoms with Gasteiger partial charge < -0.3 is 15.4 Å². The lowest BCUT2D eigenvalue weighted by Crippen LogP contribution is -2.33. The van der Waals surface area contributed by atoms with Crippen LogP contribution in [-0.4, -0.2) is 26.6 Å². The van der Waals surface area contributed by atoms with Crippen LogP contribution in [0.2, 0.25) is 0 Å². The van der Waals surface area contributed by atoms with Gasteiger partial charge in [-0.2, -0.15) is 0 Å². The van der Waals surface area contributed by atoms with Gasteiger partial charge in [0.15, 0.2) is 0 Å². The minimum atomic E-state index is -0.135. The van der Waals surface area contributed by atoms with Crippen LogP contribution in [0, 0.1) is 6.92 Å². The number of hydrogen-bond donors (Lipinski definition) is 1. The number of anilines is 1. The topological polar surface area (TPSA) is 55.6 Å². The van der Waals surface area contributed by atoms with Gasteiger partial charge in [-0.25, -0.2) is 0 Å². The van der Waals surface area contributed by atoms with E-state index < -0.39 is 0 Å². The molecule has 0 aliphatic carbocycles. The summed E-state index contributed by atoms with van der Waals surface area (Å²) in [6.45, 7) is 8.37. The van der Waals surface area contributed by atoms with Crippen LogP contribution in [0.5, 0.6) is 5.75 Å². The lowest BCUT2D eigenvalue weighted by Gasteiger charge is -2.27. The summed E-state index contributed by atoms with van der Waals surface area (Å²) in [5.41, 5.74) is 8.32. The number of carbonyl (C=O) groups excluding carboxylic acids is 1. The van der Waals surface area contributed by atoms with Crippen molar-refractivity contribution in [3.8, 4) is 5.75 Å². The van der Waals surface area contributed by atoms with Crippen LogP contribution in [0.1, 0.15) is 31.9 Å². The monoisotopic (exact) mass is 264 g/mol. The predicted octanol–water partition coefficient (Wildman–Crippen LogP) is 2.22. The Morgan fingerprint density at radius 3 is 2.37 bits per heavy atom. The second-order valence-electron chi connectivity index (χ2n) is 5.77. The van der Waals surface area contributed by atoms with Gasteiger partial charge in [-0.15, -0.1) is 0 Å². The maximum absolute atomic E-state index is 11.8. The summed E-state index contributed by atoms with van der Waals surface area (Å²) in [5.74, 6) is 0.603. The zero-order valence-corrected chi connectivity index (χ0v) is 12.7. The maximum atomic E-state index is 11.8. The summed E-state index contributed by atoms with van der Waals surface area (Å²) in [6, 6.07) is 4.05. The number of carbonyl (C=O) groups is 1. The van der Waals surface area contributed by atoms with Crippen molar-refractivity contribution in [2.75, 3.05) is 25.6 Å². The molecule has 0 saturated carbocycles. The first-order valence-corrected chi connectivity index (χ1v) is 6.38. The number of amides is 1. The molecule has 4 nitrogen and oxygen atoms in total. The van der Waals surface area contributed by atoms with E-state index in [0.29, 0.717) is 0 Å². The number of ether oxygens (including phenoxy) is 1. The summed E-state index contributed by atoms with van der Waals surface area (Å²) < 4.78 is 5.54. The third-order valence-corrected chi connectivity index (χ3v) is 3.14. The van der Waals surface area contributed by atoms with Gasteiger partial charge in [0.2, 0.25) is 5.91 Å². The van der Waals surface area contributed by atoms with Crippen LogP contribution in [-0.2, 0) is 10.2 Å². The fourth-order valence-electron chi connectivity index (χ4n) is 2.05. The third-order valence-electron chi connectivity index (χ3n) is 3.14. The van der Waals surface area contributed by atoms with Gasteiger partial charge in [0, 0.05) is 12.6 Å². The molecular formula is C15H24N2O2. The van der Waals surface area contributed by atoms with Gasteiger partial charge in [-0.05, 0) is 24.0 Å². The van der Waals surface area contributed by atoms with Crippen LogP contribution in [0.4, 0.5) is 5.69 Å². The third kappa shape index (κ3) is 3.26. The SMILES string of the molecule is COc1c(N(C)C(=O)CN)cc(C)cc1C(C)(C)C. The van der Waals surface area contributed by atoms with E-state index in [2.05, 4.69) is 26.8 Å². The molecule has 0 spiro atoms. The molecule has 1 aromatic carbocycles. The molecule has 1 amide bonds. The average molecular weight is 264 g/mol. The number of likely N-dealkylation sites (N-methyl/N-ethyl adjacent to an activating group) is 1. The molecule has 0 aromatic heterocycles. The van der Waals surface area contributed by atoms with Crippen LogP contribution in [0.15, 0.2) is 12.1 Å². The Bertz CT molecular complexity index is 476. The van der Waals surface area contributed by atoms with Crippen molar-refractivity contribution < 1.29 is 9.53 Å². The smallest absolute Gasteiger partial charge is 0.240 e. The minimum Gasteiger partial charge on any atom is -0.494 e. The first kappa shape index (κ1) is 15.5. The Morgan fingerprint density at radius 1 is 1.37 bits per heavy atom. The molecule has 1 rings (SSSR count). The van der Waals surface area contributed by atoms with Crippen molar-refractivity contribution in [1.82, 2.24) is 0 Å². The molecule has 106 valence electrons. The Kier molecular flexibility index (Phi) is 4.58. The zero-order valence-electron chi connectivity index (χ0n) is 12.7. The molecule has 0 aliphatic heterocycles. The molecule has 0 atom stereocenters. The molecule has 0 bridgehead atoms. The summed E-state index contributed by atoms with van der Waals surface area (Å²) in [7, 11) is 3.35. The van der Waals surface area contributed by atoms with Gasteiger partial charge in [-0.1, -0.05) is 26.8 Å². The number of aryl methyl sites for hydroxylation is 1. The lowest BCUT2D eigenvalue weighted by molar-refractivity contribution is -0.117. The summed E-state index contributed by atoms with van der Waals surface area (Å²) in [6.07, 6.45) is 0. The van der Waals surface area contributed by atoms with Crippen molar-refractivity contribution in [2.24, 2.45) is 5.73 Å². The molecule has 0 aliphatic rings. The van der Waals surface area contributed by atoms with Gasteiger partial charge in [0.1, 0.15) is 5.75 Å². The Morgan fingerprint density at radius 2 is 1.95 bits per heavy atom. The highest BCUT2D eigenvalue weighted by Gasteiger charge is 2.24. The van der Waals surface area contributed by atoms with E-state index in [1.54, 1.807) is 19.1 Å². The van der Waals surface area contributed by atoms with E-state index in [0.717, 1.165) is 22.6 Å². The largest absolute Gasteiger partial charge is 0.494 e. The predicted molar refractivity (Wildman–Crippen MR) is 78.9 cm³/mol. The average Bonchev–Trinajstić information content (AvgIpc) is 2.34. The maximum Gasteiger partial charge on any atom is 0.240 e. The molecule has 19 heavy (non-hydrogen) atoms. The number of nitrogens with two attached hydrogens (primary N) is 1. The van der Waals surface area contributed by atoms with E-state index in [1.807, 2.05) is 13.0 Å². The highest BCUT2D eigenvalue weighted by Crippen LogP contribution is 2.39. The fraction of sp³-hybridized carbons (Fsp3) is 0.533. The highest BCUT2D eigenvalue weighted by atomic mass is 16.5. The van der Waals surface area contributed by atoms with Crippen molar-refractivity contribution in [3.63, 3.8) is 0 Å². The normalized spacial score (nSPS) is 11.3. The molecular weight excluding hydrogens is 240 g/mol. The fourth-order valence-corrected chi connectivity index (χ4v) is 2.05. The number of methoxy groups -OCH3 is 1. The minimum absolute atomic E-state index is 0.0154. The highest BCUT2D eigenvalue weighted by molar-refractivity contribution is 5.96. The van der Waals surface area contributed by atoms with Crippen molar-refractivity contribution >= 4 is 11.6 Å². The van der Waals surface area contributed by atoms with Gasteiger partial charge in [0.05, 0.1) is 19.3 Å². The lowest BCUT2D eigenvalue weighted by atomic mass is 9.85. The van der Waals surface area contributed by atoms with Gasteiger partial charge in [0.25, 0.3) is 0 Å². The molecule has 0 unspecified atom stereocenters. The van der Waals surface area contributed by atoms with E-state index in [1.165, 1.54) is 0 Å². The van der Waals surface area contributed by atoms with E-state index in [9.17, 15) is 4.79 Å². The number of benzene rings is 1. The molecule has 0 fully saturated rings. The molecule has 0 heterocycles. The van der Waals surface area contributed by atoms with Crippen LogP contribution < -0.4 is 15.4 Å². The summed E-state index contributed by atoms with van der Waals surface area (Å²) >= 11 is 0. The first-order chi connectivity index (χ1) is 8.72. The molecule has 0 saturated heterocycles. The van der Waals surface area contributed by atoms with Crippen molar-refractivity contribution in [2.45, 2.75) is 33.1 Å². The molecule has 0 radical (unpaired) electrons. The number of rotatable bonds is 3. The molecule has 4 heteroatoms. The standard InChI is InChI=1S/C15H24N2O2/c1-10-7-11(15(2,3)4)14(19-6)12(8-10)17(5)13(18)9-16/h7-8H,9,16H2,1-6H3. The summed E-state index contributed by atoms with van der Waals surface area (Å²) in [4.78, 5) is 13.4. The van der Waals surface area contributed by atoms with Crippen molar-refractivity contribution in [3.05, 3.63) is 23.3 Å². The second-order valence-corrected chi connectivity index (χ2v) is 5.77. The quantitative estimate of drug-likeness (QED) is 0.910.